The first-order valence-corrected chi connectivity index (χ1v) is 10.8. The molecule has 2 aromatic rings. The molecular weight excluding hydrogens is 408 g/mol. The molecule has 1 heterocycles. The zero-order valence-electron chi connectivity index (χ0n) is 18.8. The number of hydrogen-bond acceptors (Lipinski definition) is 5. The fourth-order valence-electron chi connectivity index (χ4n) is 3.71. The van der Waals surface area contributed by atoms with Crippen molar-refractivity contribution in [1.29, 1.82) is 0 Å². The van der Waals surface area contributed by atoms with Crippen LogP contribution in [0.15, 0.2) is 48.5 Å². The van der Waals surface area contributed by atoms with Crippen molar-refractivity contribution in [3.05, 3.63) is 54.1 Å². The second kappa shape index (κ2) is 10.7. The molecular formula is C24H30N4O4. The summed E-state index contributed by atoms with van der Waals surface area (Å²) in [4.78, 5) is 40.5. The predicted molar refractivity (Wildman–Crippen MR) is 124 cm³/mol. The Labute approximate surface area is 188 Å². The van der Waals surface area contributed by atoms with Crippen LogP contribution in [0.5, 0.6) is 5.75 Å². The van der Waals surface area contributed by atoms with E-state index >= 15 is 0 Å². The molecule has 0 radical (unpaired) electrons. The highest BCUT2D eigenvalue weighted by molar-refractivity contribution is 6.04. The van der Waals surface area contributed by atoms with Gasteiger partial charge in [0.25, 0.3) is 5.91 Å². The number of ether oxygens (including phenoxy) is 1. The maximum Gasteiger partial charge on any atom is 0.255 e. The molecule has 1 aliphatic heterocycles. The molecule has 1 fully saturated rings. The third-order valence-corrected chi connectivity index (χ3v) is 5.50. The van der Waals surface area contributed by atoms with Gasteiger partial charge in [0.05, 0.1) is 7.11 Å². The Morgan fingerprint density at radius 1 is 1.03 bits per heavy atom. The van der Waals surface area contributed by atoms with E-state index in [1.54, 1.807) is 31.4 Å². The average molecular weight is 439 g/mol. The third kappa shape index (κ3) is 5.78. The summed E-state index contributed by atoms with van der Waals surface area (Å²) in [7, 11) is 1.57. The predicted octanol–water partition coefficient (Wildman–Crippen LogP) is 2.51. The van der Waals surface area contributed by atoms with Crippen LogP contribution < -0.4 is 20.3 Å². The molecule has 0 spiro atoms. The van der Waals surface area contributed by atoms with Crippen LogP contribution in [-0.4, -0.2) is 62.0 Å². The zero-order valence-corrected chi connectivity index (χ0v) is 18.8. The van der Waals surface area contributed by atoms with Crippen LogP contribution in [0.25, 0.3) is 0 Å². The highest BCUT2D eigenvalue weighted by Crippen LogP contribution is 2.21. The molecule has 0 saturated carbocycles. The van der Waals surface area contributed by atoms with Gasteiger partial charge in [-0.15, -0.1) is 0 Å². The van der Waals surface area contributed by atoms with Gasteiger partial charge in [-0.1, -0.05) is 13.0 Å². The minimum atomic E-state index is -0.466. The molecule has 0 bridgehead atoms. The Bertz CT molecular complexity index is 953. The van der Waals surface area contributed by atoms with Crippen LogP contribution in [0.4, 0.5) is 11.4 Å². The number of carbonyl (C=O) groups is 3. The van der Waals surface area contributed by atoms with Crippen molar-refractivity contribution in [3.63, 3.8) is 0 Å². The molecule has 1 atom stereocenters. The molecule has 1 unspecified atom stereocenters. The van der Waals surface area contributed by atoms with E-state index in [0.29, 0.717) is 49.6 Å². The molecule has 1 saturated heterocycles. The van der Waals surface area contributed by atoms with Crippen molar-refractivity contribution in [2.45, 2.75) is 26.3 Å². The summed E-state index contributed by atoms with van der Waals surface area (Å²) >= 11 is 0. The van der Waals surface area contributed by atoms with Gasteiger partial charge in [-0.05, 0) is 48.9 Å². The van der Waals surface area contributed by atoms with Crippen molar-refractivity contribution in [3.8, 4) is 5.75 Å². The monoisotopic (exact) mass is 438 g/mol. The van der Waals surface area contributed by atoms with Crippen molar-refractivity contribution < 1.29 is 19.1 Å². The molecule has 2 N–H and O–H groups in total. The molecule has 2 aromatic carbocycles. The first-order valence-electron chi connectivity index (χ1n) is 10.8. The van der Waals surface area contributed by atoms with Crippen LogP contribution in [0.3, 0.4) is 0 Å². The lowest BCUT2D eigenvalue weighted by Crippen LogP contribution is -2.54. The molecule has 1 aliphatic rings. The molecule has 8 nitrogen and oxygen atoms in total. The van der Waals surface area contributed by atoms with E-state index in [1.165, 1.54) is 6.92 Å². The van der Waals surface area contributed by atoms with Gasteiger partial charge in [-0.3, -0.25) is 14.4 Å². The summed E-state index contributed by atoms with van der Waals surface area (Å²) in [5.74, 6) is 0.210. The maximum absolute atomic E-state index is 12.7. The number of nitrogens with zero attached hydrogens (tertiary/aromatic N) is 2. The van der Waals surface area contributed by atoms with E-state index in [2.05, 4.69) is 15.5 Å². The van der Waals surface area contributed by atoms with Gasteiger partial charge < -0.3 is 25.2 Å². The normalized spacial score (nSPS) is 14.5. The summed E-state index contributed by atoms with van der Waals surface area (Å²) in [5, 5.41) is 5.62. The standard InChI is InChI=1S/C24H30N4O4/c1-4-22(25-17(2)29)24(31)28-14-12-27(13-15-28)20-10-8-19(9-11-20)26-23(30)18-6-5-7-21(16-18)32-3/h5-11,16,22H,4,12-15H2,1-3H3,(H,25,29)(H,26,30). The molecule has 8 heteroatoms. The number of amides is 3. The zero-order chi connectivity index (χ0) is 23.1. The van der Waals surface area contributed by atoms with E-state index in [1.807, 2.05) is 36.1 Å². The summed E-state index contributed by atoms with van der Waals surface area (Å²) < 4.78 is 5.17. The first kappa shape index (κ1) is 23.1. The Balaban J connectivity index is 1.55. The van der Waals surface area contributed by atoms with Gasteiger partial charge in [0.1, 0.15) is 11.8 Å². The van der Waals surface area contributed by atoms with Crippen molar-refractivity contribution in [2.75, 3.05) is 43.5 Å². The summed E-state index contributed by atoms with van der Waals surface area (Å²) in [6.07, 6.45) is 0.571. The van der Waals surface area contributed by atoms with E-state index in [-0.39, 0.29) is 17.7 Å². The number of hydrogen-bond donors (Lipinski definition) is 2. The lowest BCUT2D eigenvalue weighted by Gasteiger charge is -2.37. The van der Waals surface area contributed by atoms with E-state index in [0.717, 1.165) is 5.69 Å². The second-order valence-corrected chi connectivity index (χ2v) is 7.71. The minimum Gasteiger partial charge on any atom is -0.497 e. The number of benzene rings is 2. The Kier molecular flexibility index (Phi) is 7.70. The van der Waals surface area contributed by atoms with Gasteiger partial charge >= 0.3 is 0 Å². The quantitative estimate of drug-likeness (QED) is 0.693. The average Bonchev–Trinajstić information content (AvgIpc) is 2.82. The number of carbonyl (C=O) groups excluding carboxylic acids is 3. The summed E-state index contributed by atoms with van der Waals surface area (Å²) in [6.45, 7) is 5.93. The van der Waals surface area contributed by atoms with Crippen LogP contribution in [0.1, 0.15) is 30.6 Å². The van der Waals surface area contributed by atoms with Crippen LogP contribution in [0, 0.1) is 0 Å². The lowest BCUT2D eigenvalue weighted by molar-refractivity contribution is -0.136. The van der Waals surface area contributed by atoms with Crippen LogP contribution >= 0.6 is 0 Å². The smallest absolute Gasteiger partial charge is 0.255 e. The van der Waals surface area contributed by atoms with E-state index < -0.39 is 6.04 Å². The second-order valence-electron chi connectivity index (χ2n) is 7.71. The molecule has 3 amide bonds. The van der Waals surface area contributed by atoms with Gasteiger partial charge in [0, 0.05) is 50.0 Å². The number of rotatable bonds is 7. The fraction of sp³-hybridized carbons (Fsp3) is 0.375. The Morgan fingerprint density at radius 2 is 1.72 bits per heavy atom. The number of anilines is 2. The number of piperazine rings is 1. The number of methoxy groups -OCH3 is 1. The lowest BCUT2D eigenvalue weighted by atomic mass is 10.1. The van der Waals surface area contributed by atoms with Gasteiger partial charge in [0.2, 0.25) is 11.8 Å². The van der Waals surface area contributed by atoms with Gasteiger partial charge in [-0.2, -0.15) is 0 Å². The van der Waals surface area contributed by atoms with Crippen molar-refractivity contribution in [2.24, 2.45) is 0 Å². The number of nitrogens with one attached hydrogen (secondary N) is 2. The molecule has 0 aliphatic carbocycles. The summed E-state index contributed by atoms with van der Waals surface area (Å²) in [5.41, 5.74) is 2.26. The maximum atomic E-state index is 12.7. The van der Waals surface area contributed by atoms with E-state index in [4.69, 9.17) is 4.74 Å². The van der Waals surface area contributed by atoms with Gasteiger partial charge in [-0.25, -0.2) is 0 Å². The highest BCUT2D eigenvalue weighted by Gasteiger charge is 2.27. The minimum absolute atomic E-state index is 0.0297. The molecule has 3 rings (SSSR count). The Morgan fingerprint density at radius 3 is 2.31 bits per heavy atom. The Hall–Kier alpha value is -3.55. The fourth-order valence-corrected chi connectivity index (χ4v) is 3.71. The third-order valence-electron chi connectivity index (χ3n) is 5.50. The van der Waals surface area contributed by atoms with E-state index in [9.17, 15) is 14.4 Å². The van der Waals surface area contributed by atoms with Crippen molar-refractivity contribution in [1.82, 2.24) is 10.2 Å². The largest absolute Gasteiger partial charge is 0.497 e. The molecule has 0 aromatic heterocycles. The van der Waals surface area contributed by atoms with Crippen LogP contribution in [0.2, 0.25) is 0 Å². The van der Waals surface area contributed by atoms with Crippen molar-refractivity contribution >= 4 is 29.1 Å². The molecule has 170 valence electrons. The SMILES string of the molecule is CCC(NC(C)=O)C(=O)N1CCN(c2ccc(NC(=O)c3cccc(OC)c3)cc2)CC1. The van der Waals surface area contributed by atoms with Crippen LogP contribution in [-0.2, 0) is 9.59 Å². The van der Waals surface area contributed by atoms with Gasteiger partial charge in [0.15, 0.2) is 0 Å². The highest BCUT2D eigenvalue weighted by atomic mass is 16.5. The first-order chi connectivity index (χ1) is 15.4. The summed E-state index contributed by atoms with van der Waals surface area (Å²) in [6, 6.07) is 14.2. The molecule has 32 heavy (non-hydrogen) atoms. The topological polar surface area (TPSA) is 91.0 Å².